The highest BCUT2D eigenvalue weighted by molar-refractivity contribution is 7.98. The lowest BCUT2D eigenvalue weighted by Crippen LogP contribution is -2.38. The Balaban J connectivity index is 2.13. The molecular weight excluding hydrogens is 210 g/mol. The topological polar surface area (TPSA) is 49.2 Å². The second-order valence-corrected chi connectivity index (χ2v) is 4.49. The van der Waals surface area contributed by atoms with Gasteiger partial charge in [-0.05, 0) is 19.1 Å². The first kappa shape index (κ1) is 10.7. The number of aliphatic hydroxyl groups excluding tert-OH is 1. The van der Waals surface area contributed by atoms with Crippen LogP contribution in [-0.4, -0.2) is 40.5 Å². The summed E-state index contributed by atoms with van der Waals surface area (Å²) in [6, 6.07) is 1.97. The van der Waals surface area contributed by atoms with Gasteiger partial charge in [0.05, 0.1) is 6.10 Å². The maximum atomic E-state index is 9.58. The van der Waals surface area contributed by atoms with Crippen LogP contribution in [0.2, 0.25) is 0 Å². The number of β-amino-alcohol motifs (C(OH)–C–C–N with tert-alkyl or cyclic N) is 1. The molecule has 1 atom stereocenters. The van der Waals surface area contributed by atoms with Crippen LogP contribution in [-0.2, 0) is 0 Å². The van der Waals surface area contributed by atoms with Crippen molar-refractivity contribution in [1.29, 1.82) is 0 Å². The second kappa shape index (κ2) is 4.81. The molecule has 4 nitrogen and oxygen atoms in total. The lowest BCUT2D eigenvalue weighted by atomic mass is 10.1. The number of nitrogens with zero attached hydrogens (tertiary/aromatic N) is 3. The summed E-state index contributed by atoms with van der Waals surface area (Å²) in [6.07, 6.45) is 5.29. The average molecular weight is 225 g/mol. The molecule has 1 fully saturated rings. The summed E-state index contributed by atoms with van der Waals surface area (Å²) in [4.78, 5) is 10.5. The Morgan fingerprint density at radius 3 is 3.13 bits per heavy atom. The highest BCUT2D eigenvalue weighted by Gasteiger charge is 2.18. The summed E-state index contributed by atoms with van der Waals surface area (Å²) < 4.78 is 0. The summed E-state index contributed by atoms with van der Waals surface area (Å²) in [6.45, 7) is 1.66. The smallest absolute Gasteiger partial charge is 0.133 e. The molecule has 0 unspecified atom stereocenters. The standard InChI is InChI=1S/C10H15N3OS/c1-15-10-5-9(11-7-12-10)13-4-2-3-8(14)6-13/h5,7-8,14H,2-4,6H2,1H3/t8-/m0/s1. The third-order valence-corrected chi connectivity index (χ3v) is 3.20. The van der Waals surface area contributed by atoms with Crippen LogP contribution in [0.3, 0.4) is 0 Å². The van der Waals surface area contributed by atoms with E-state index in [0.29, 0.717) is 6.54 Å². The molecule has 82 valence electrons. The molecule has 1 aromatic rings. The van der Waals surface area contributed by atoms with Crippen molar-refractivity contribution in [3.8, 4) is 0 Å². The van der Waals surface area contributed by atoms with E-state index in [1.807, 2.05) is 12.3 Å². The third kappa shape index (κ3) is 2.60. The quantitative estimate of drug-likeness (QED) is 0.604. The fraction of sp³-hybridized carbons (Fsp3) is 0.600. The number of aromatic nitrogens is 2. The van der Waals surface area contributed by atoms with E-state index in [-0.39, 0.29) is 6.10 Å². The van der Waals surface area contributed by atoms with Gasteiger partial charge in [0.2, 0.25) is 0 Å². The Bertz CT molecular complexity index is 334. The van der Waals surface area contributed by atoms with Gasteiger partial charge in [-0.2, -0.15) is 0 Å². The molecule has 0 aromatic carbocycles. The fourth-order valence-electron chi connectivity index (χ4n) is 1.78. The SMILES string of the molecule is CSc1cc(N2CCC[C@H](O)C2)ncn1. The van der Waals surface area contributed by atoms with Crippen molar-refractivity contribution in [1.82, 2.24) is 9.97 Å². The first-order valence-electron chi connectivity index (χ1n) is 5.08. The molecule has 0 bridgehead atoms. The van der Waals surface area contributed by atoms with E-state index in [4.69, 9.17) is 0 Å². The van der Waals surface area contributed by atoms with E-state index in [0.717, 1.165) is 30.2 Å². The first-order chi connectivity index (χ1) is 7.29. The van der Waals surface area contributed by atoms with Gasteiger partial charge in [-0.25, -0.2) is 9.97 Å². The van der Waals surface area contributed by atoms with Crippen molar-refractivity contribution in [2.75, 3.05) is 24.2 Å². The average Bonchev–Trinajstić information content (AvgIpc) is 2.29. The maximum absolute atomic E-state index is 9.58. The molecule has 0 spiro atoms. The third-order valence-electron chi connectivity index (χ3n) is 2.56. The summed E-state index contributed by atoms with van der Waals surface area (Å²) in [7, 11) is 0. The second-order valence-electron chi connectivity index (χ2n) is 3.66. The zero-order chi connectivity index (χ0) is 10.7. The molecule has 1 aliphatic rings. The monoisotopic (exact) mass is 225 g/mol. The molecule has 0 saturated carbocycles. The van der Waals surface area contributed by atoms with Crippen LogP contribution in [0.25, 0.3) is 0 Å². The van der Waals surface area contributed by atoms with Gasteiger partial charge in [0.25, 0.3) is 0 Å². The lowest BCUT2D eigenvalue weighted by molar-refractivity contribution is 0.154. The van der Waals surface area contributed by atoms with Crippen LogP contribution < -0.4 is 4.90 Å². The number of hydrogen-bond acceptors (Lipinski definition) is 5. The van der Waals surface area contributed by atoms with Gasteiger partial charge >= 0.3 is 0 Å². The molecule has 1 saturated heterocycles. The highest BCUT2D eigenvalue weighted by Crippen LogP contribution is 2.20. The zero-order valence-electron chi connectivity index (χ0n) is 8.76. The van der Waals surface area contributed by atoms with E-state index in [1.165, 1.54) is 0 Å². The van der Waals surface area contributed by atoms with Crippen LogP contribution in [0.5, 0.6) is 0 Å². The molecule has 1 aromatic heterocycles. The Hall–Kier alpha value is -0.810. The van der Waals surface area contributed by atoms with E-state index < -0.39 is 0 Å². The Morgan fingerprint density at radius 2 is 2.40 bits per heavy atom. The minimum Gasteiger partial charge on any atom is -0.391 e. The van der Waals surface area contributed by atoms with E-state index in [9.17, 15) is 5.11 Å². The van der Waals surface area contributed by atoms with Crippen molar-refractivity contribution >= 4 is 17.6 Å². The Morgan fingerprint density at radius 1 is 1.53 bits per heavy atom. The highest BCUT2D eigenvalue weighted by atomic mass is 32.2. The van der Waals surface area contributed by atoms with Crippen molar-refractivity contribution < 1.29 is 5.11 Å². The van der Waals surface area contributed by atoms with Crippen LogP contribution in [0.1, 0.15) is 12.8 Å². The molecule has 2 heterocycles. The lowest BCUT2D eigenvalue weighted by Gasteiger charge is -2.30. The normalized spacial score (nSPS) is 21.7. The minimum atomic E-state index is -0.216. The molecule has 2 rings (SSSR count). The molecule has 5 heteroatoms. The zero-order valence-corrected chi connectivity index (χ0v) is 9.57. The largest absolute Gasteiger partial charge is 0.391 e. The summed E-state index contributed by atoms with van der Waals surface area (Å²) >= 11 is 1.61. The van der Waals surface area contributed by atoms with Gasteiger partial charge in [0, 0.05) is 19.2 Å². The first-order valence-corrected chi connectivity index (χ1v) is 6.31. The van der Waals surface area contributed by atoms with Crippen LogP contribution in [0.15, 0.2) is 17.4 Å². The van der Waals surface area contributed by atoms with Crippen molar-refractivity contribution in [2.45, 2.75) is 24.0 Å². The van der Waals surface area contributed by atoms with E-state index >= 15 is 0 Å². The predicted octanol–water partition coefficient (Wildman–Crippen LogP) is 1.16. The van der Waals surface area contributed by atoms with Gasteiger partial charge < -0.3 is 10.0 Å². The summed E-state index contributed by atoms with van der Waals surface area (Å²) in [5.41, 5.74) is 0. The van der Waals surface area contributed by atoms with E-state index in [1.54, 1.807) is 18.1 Å². The number of hydrogen-bond donors (Lipinski definition) is 1. The Kier molecular flexibility index (Phi) is 3.43. The van der Waals surface area contributed by atoms with Gasteiger partial charge in [0.1, 0.15) is 17.2 Å². The molecule has 0 radical (unpaired) electrons. The number of piperidine rings is 1. The van der Waals surface area contributed by atoms with E-state index in [2.05, 4.69) is 14.9 Å². The van der Waals surface area contributed by atoms with Crippen molar-refractivity contribution in [3.63, 3.8) is 0 Å². The number of anilines is 1. The van der Waals surface area contributed by atoms with Gasteiger partial charge in [-0.3, -0.25) is 0 Å². The molecule has 1 N–H and O–H groups in total. The van der Waals surface area contributed by atoms with Crippen LogP contribution in [0.4, 0.5) is 5.82 Å². The summed E-state index contributed by atoms with van der Waals surface area (Å²) in [5, 5.41) is 10.5. The van der Waals surface area contributed by atoms with Crippen LogP contribution in [0, 0.1) is 0 Å². The van der Waals surface area contributed by atoms with Gasteiger partial charge in [0.15, 0.2) is 0 Å². The molecule has 1 aliphatic heterocycles. The fourth-order valence-corrected chi connectivity index (χ4v) is 2.15. The minimum absolute atomic E-state index is 0.216. The van der Waals surface area contributed by atoms with Crippen molar-refractivity contribution in [3.05, 3.63) is 12.4 Å². The number of thioether (sulfide) groups is 1. The molecular formula is C10H15N3OS. The van der Waals surface area contributed by atoms with Gasteiger partial charge in [-0.1, -0.05) is 0 Å². The molecule has 0 amide bonds. The number of rotatable bonds is 2. The maximum Gasteiger partial charge on any atom is 0.133 e. The molecule has 0 aliphatic carbocycles. The molecule has 15 heavy (non-hydrogen) atoms. The summed E-state index contributed by atoms with van der Waals surface area (Å²) in [5.74, 6) is 0.924. The Labute approximate surface area is 93.7 Å². The van der Waals surface area contributed by atoms with Gasteiger partial charge in [-0.15, -0.1) is 11.8 Å². The number of aliphatic hydroxyl groups is 1. The predicted molar refractivity (Wildman–Crippen MR) is 61.3 cm³/mol. The van der Waals surface area contributed by atoms with Crippen molar-refractivity contribution in [2.24, 2.45) is 0 Å². The van der Waals surface area contributed by atoms with Crippen LogP contribution >= 0.6 is 11.8 Å².